The lowest BCUT2D eigenvalue weighted by molar-refractivity contribution is 1.18. The molecule has 0 spiro atoms. The van der Waals surface area contributed by atoms with E-state index in [0.717, 1.165) is 33.9 Å². The van der Waals surface area contributed by atoms with Crippen LogP contribution in [0.15, 0.2) is 231 Å². The fraction of sp³-hybridized carbons (Fsp3) is 0. The molecule has 0 atom stereocenters. The van der Waals surface area contributed by atoms with Crippen LogP contribution in [0.4, 0.5) is 17.1 Å². The van der Waals surface area contributed by atoms with Crippen molar-refractivity contribution < 1.29 is 0 Å². The first-order valence-corrected chi connectivity index (χ1v) is 19.2. The van der Waals surface area contributed by atoms with E-state index in [1.165, 1.54) is 55.2 Å². The van der Waals surface area contributed by atoms with Crippen LogP contribution in [0.2, 0.25) is 0 Å². The van der Waals surface area contributed by atoms with E-state index in [-0.39, 0.29) is 0 Å². The predicted molar refractivity (Wildman–Crippen MR) is 237 cm³/mol. The van der Waals surface area contributed by atoms with Crippen LogP contribution in [0.3, 0.4) is 0 Å². The summed E-state index contributed by atoms with van der Waals surface area (Å²) in [5.41, 5.74) is 16.3. The van der Waals surface area contributed by atoms with Crippen LogP contribution in [0.1, 0.15) is 0 Å². The van der Waals surface area contributed by atoms with E-state index in [2.05, 4.69) is 240 Å². The third kappa shape index (κ3) is 6.04. The Bertz CT molecular complexity index is 2870. The minimum atomic E-state index is 1.09. The van der Waals surface area contributed by atoms with Gasteiger partial charge in [-0.15, -0.1) is 0 Å². The van der Waals surface area contributed by atoms with Crippen LogP contribution in [0, 0.1) is 0 Å². The number of rotatable bonds is 8. The van der Waals surface area contributed by atoms with Gasteiger partial charge in [0.25, 0.3) is 0 Å². The van der Waals surface area contributed by atoms with E-state index in [1.807, 2.05) is 0 Å². The first kappa shape index (κ1) is 33.2. The summed E-state index contributed by atoms with van der Waals surface area (Å²) in [5, 5.41) is 2.50. The molecule has 0 unspecified atom stereocenters. The van der Waals surface area contributed by atoms with Gasteiger partial charge in [-0.2, -0.15) is 0 Å². The molecule has 10 aromatic rings. The van der Waals surface area contributed by atoms with E-state index in [0.29, 0.717) is 0 Å². The average molecular weight is 715 g/mol. The largest absolute Gasteiger partial charge is 0.310 e. The summed E-state index contributed by atoms with van der Waals surface area (Å²) >= 11 is 0. The molecule has 0 aliphatic rings. The zero-order valence-electron chi connectivity index (χ0n) is 30.8. The number of benzene rings is 9. The van der Waals surface area contributed by atoms with Crippen molar-refractivity contribution in [2.45, 2.75) is 0 Å². The molecule has 0 bridgehead atoms. The van der Waals surface area contributed by atoms with Gasteiger partial charge in [0.1, 0.15) is 0 Å². The third-order valence-electron chi connectivity index (χ3n) is 10.8. The van der Waals surface area contributed by atoms with E-state index in [4.69, 9.17) is 0 Å². The van der Waals surface area contributed by atoms with Gasteiger partial charge in [-0.05, 0) is 81.9 Å². The SMILES string of the molecule is c1ccc(-c2ccc(-c3ccc(N(c4ccc(-c5ccccc5)cc4)c4ccccc4-c4ccccc4-n4c5ccccc5c5ccccc54)cc3)cc2)cc1. The Balaban J connectivity index is 1.11. The second-order valence-electron chi connectivity index (χ2n) is 14.1. The maximum absolute atomic E-state index is 2.42. The number of anilines is 3. The molecular weight excluding hydrogens is 677 g/mol. The Morgan fingerprint density at radius 2 is 0.625 bits per heavy atom. The molecule has 0 saturated carbocycles. The highest BCUT2D eigenvalue weighted by Crippen LogP contribution is 2.44. The Morgan fingerprint density at radius 1 is 0.268 bits per heavy atom. The average Bonchev–Trinajstić information content (AvgIpc) is 3.62. The minimum absolute atomic E-state index is 1.09. The first-order valence-electron chi connectivity index (χ1n) is 19.2. The highest BCUT2D eigenvalue weighted by Gasteiger charge is 2.21. The number of fused-ring (bicyclic) bond motifs is 3. The summed E-state index contributed by atoms with van der Waals surface area (Å²) in [6, 6.07) is 83.0. The van der Waals surface area contributed by atoms with Crippen molar-refractivity contribution in [3.63, 3.8) is 0 Å². The number of hydrogen-bond acceptors (Lipinski definition) is 1. The molecule has 1 aromatic heterocycles. The zero-order valence-corrected chi connectivity index (χ0v) is 30.8. The van der Waals surface area contributed by atoms with E-state index in [1.54, 1.807) is 0 Å². The molecule has 2 heteroatoms. The van der Waals surface area contributed by atoms with E-state index >= 15 is 0 Å². The molecule has 0 radical (unpaired) electrons. The van der Waals surface area contributed by atoms with Gasteiger partial charge >= 0.3 is 0 Å². The molecule has 0 aliphatic carbocycles. The molecule has 56 heavy (non-hydrogen) atoms. The van der Waals surface area contributed by atoms with Crippen molar-refractivity contribution in [3.8, 4) is 50.2 Å². The number of para-hydroxylation sites is 4. The van der Waals surface area contributed by atoms with Crippen LogP contribution in [-0.2, 0) is 0 Å². The Hall–Kier alpha value is -7.42. The molecule has 0 N–H and O–H groups in total. The smallest absolute Gasteiger partial charge is 0.0541 e. The maximum Gasteiger partial charge on any atom is 0.0541 e. The van der Waals surface area contributed by atoms with Crippen LogP contribution in [0.25, 0.3) is 72.0 Å². The summed E-state index contributed by atoms with van der Waals surface area (Å²) < 4.78 is 2.42. The summed E-state index contributed by atoms with van der Waals surface area (Å²) in [4.78, 5) is 2.40. The molecular formula is C54H38N2. The van der Waals surface area contributed by atoms with Gasteiger partial charge in [-0.25, -0.2) is 0 Å². The van der Waals surface area contributed by atoms with Gasteiger partial charge in [0.2, 0.25) is 0 Å². The molecule has 0 fully saturated rings. The number of aromatic nitrogens is 1. The fourth-order valence-corrected chi connectivity index (χ4v) is 8.12. The Labute approximate surface area is 327 Å². The van der Waals surface area contributed by atoms with Gasteiger partial charge in [0.15, 0.2) is 0 Å². The zero-order chi connectivity index (χ0) is 37.3. The lowest BCUT2D eigenvalue weighted by atomic mass is 9.98. The molecule has 0 amide bonds. The number of nitrogens with zero attached hydrogens (tertiary/aromatic N) is 2. The summed E-state index contributed by atoms with van der Waals surface area (Å²) in [5.74, 6) is 0. The monoisotopic (exact) mass is 714 g/mol. The van der Waals surface area contributed by atoms with Gasteiger partial charge in [-0.3, -0.25) is 0 Å². The summed E-state index contributed by atoms with van der Waals surface area (Å²) in [6.45, 7) is 0. The standard InChI is InChI=1S/C54H38N2/c1-3-15-39(16-4-1)41-27-29-42(30-28-41)44-33-37-46(38-34-44)55(45-35-31-43(32-36-45)40-17-5-2-6-18-40)51-23-11-7-19-47(51)48-20-8-12-24-52(48)56-53-25-13-9-21-49(53)50-22-10-14-26-54(50)56/h1-38H. The highest BCUT2D eigenvalue weighted by atomic mass is 15.1. The van der Waals surface area contributed by atoms with Crippen molar-refractivity contribution >= 4 is 38.9 Å². The minimum Gasteiger partial charge on any atom is -0.310 e. The van der Waals surface area contributed by atoms with Crippen LogP contribution in [-0.4, -0.2) is 4.57 Å². The Morgan fingerprint density at radius 3 is 1.12 bits per heavy atom. The fourth-order valence-electron chi connectivity index (χ4n) is 8.12. The first-order chi connectivity index (χ1) is 27.8. The van der Waals surface area contributed by atoms with Crippen molar-refractivity contribution in [2.24, 2.45) is 0 Å². The van der Waals surface area contributed by atoms with Crippen molar-refractivity contribution in [2.75, 3.05) is 4.90 Å². The maximum atomic E-state index is 2.42. The van der Waals surface area contributed by atoms with Crippen molar-refractivity contribution in [1.82, 2.24) is 4.57 Å². The van der Waals surface area contributed by atoms with Crippen LogP contribution in [0.5, 0.6) is 0 Å². The second-order valence-corrected chi connectivity index (χ2v) is 14.1. The van der Waals surface area contributed by atoms with Gasteiger partial charge in [-0.1, -0.05) is 182 Å². The molecule has 264 valence electrons. The van der Waals surface area contributed by atoms with E-state index < -0.39 is 0 Å². The van der Waals surface area contributed by atoms with Gasteiger partial charge in [0, 0.05) is 33.3 Å². The summed E-state index contributed by atoms with van der Waals surface area (Å²) in [6.07, 6.45) is 0. The normalized spacial score (nSPS) is 11.2. The highest BCUT2D eigenvalue weighted by molar-refractivity contribution is 6.10. The molecule has 9 aromatic carbocycles. The topological polar surface area (TPSA) is 8.17 Å². The van der Waals surface area contributed by atoms with Crippen LogP contribution < -0.4 is 4.90 Å². The molecule has 2 nitrogen and oxygen atoms in total. The summed E-state index contributed by atoms with van der Waals surface area (Å²) in [7, 11) is 0. The molecule has 0 aliphatic heterocycles. The lowest BCUT2D eigenvalue weighted by Gasteiger charge is -2.29. The quantitative estimate of drug-likeness (QED) is 0.152. The van der Waals surface area contributed by atoms with Gasteiger partial charge in [0.05, 0.1) is 22.4 Å². The Kier molecular flexibility index (Phi) is 8.55. The van der Waals surface area contributed by atoms with Crippen LogP contribution >= 0.6 is 0 Å². The molecule has 10 rings (SSSR count). The van der Waals surface area contributed by atoms with Crippen molar-refractivity contribution in [3.05, 3.63) is 231 Å². The second kappa shape index (κ2) is 14.4. The molecule has 1 heterocycles. The van der Waals surface area contributed by atoms with E-state index in [9.17, 15) is 0 Å². The predicted octanol–water partition coefficient (Wildman–Crippen LogP) is 14.9. The van der Waals surface area contributed by atoms with Gasteiger partial charge < -0.3 is 9.47 Å². The number of hydrogen-bond donors (Lipinski definition) is 0. The van der Waals surface area contributed by atoms with Crippen molar-refractivity contribution in [1.29, 1.82) is 0 Å². The molecule has 0 saturated heterocycles. The lowest BCUT2D eigenvalue weighted by Crippen LogP contribution is -2.11. The third-order valence-corrected chi connectivity index (χ3v) is 10.8.